The summed E-state index contributed by atoms with van der Waals surface area (Å²) >= 11 is 0. The highest BCUT2D eigenvalue weighted by atomic mass is 13.9. The molecule has 56 valence electrons. The number of allylic oxidation sites excluding steroid dienone is 4. The molecular formula is C10H16. The van der Waals surface area contributed by atoms with Gasteiger partial charge in [0.05, 0.1) is 0 Å². The summed E-state index contributed by atoms with van der Waals surface area (Å²) in [5.74, 6) is 0. The van der Waals surface area contributed by atoms with Crippen LogP contribution in [0.15, 0.2) is 36.5 Å². The molecule has 0 radical (unpaired) electrons. The van der Waals surface area contributed by atoms with Crippen LogP contribution >= 0.6 is 0 Å². The fraction of sp³-hybridized carbons (Fsp3) is 0.400. The second-order valence-corrected chi connectivity index (χ2v) is 2.74. The number of hydrogen-bond acceptors (Lipinski definition) is 0. The molecule has 10 heavy (non-hydrogen) atoms. The first kappa shape index (κ1) is 9.22. The maximum Gasteiger partial charge on any atom is -0.0291 e. The predicted molar refractivity (Wildman–Crippen MR) is 48.0 cm³/mol. The highest BCUT2D eigenvalue weighted by molar-refractivity contribution is 5.11. The van der Waals surface area contributed by atoms with Gasteiger partial charge in [-0.05, 0) is 26.7 Å². The summed E-state index contributed by atoms with van der Waals surface area (Å²) in [4.78, 5) is 0. The molecule has 0 saturated carbocycles. The highest BCUT2D eigenvalue weighted by Crippen LogP contribution is 2.02. The van der Waals surface area contributed by atoms with Crippen LogP contribution in [0.4, 0.5) is 0 Å². The molecule has 0 fully saturated rings. The van der Waals surface area contributed by atoms with E-state index in [0.29, 0.717) is 0 Å². The van der Waals surface area contributed by atoms with Crippen LogP contribution in [-0.4, -0.2) is 0 Å². The minimum Gasteiger partial charge on any atom is -0.100 e. The second kappa shape index (κ2) is 5.04. The molecule has 0 heteroatoms. The molecule has 0 aromatic carbocycles. The van der Waals surface area contributed by atoms with Gasteiger partial charge in [-0.1, -0.05) is 29.9 Å². The van der Waals surface area contributed by atoms with Gasteiger partial charge in [0.1, 0.15) is 0 Å². The molecule has 0 N–H and O–H groups in total. The molecule has 0 aliphatic carbocycles. The van der Waals surface area contributed by atoms with Gasteiger partial charge in [0.25, 0.3) is 0 Å². The van der Waals surface area contributed by atoms with Gasteiger partial charge in [-0.25, -0.2) is 0 Å². The smallest absolute Gasteiger partial charge is 0.0291 e. The van der Waals surface area contributed by atoms with Gasteiger partial charge in [-0.3, -0.25) is 0 Å². The fourth-order valence-electron chi connectivity index (χ4n) is 0.614. The van der Waals surface area contributed by atoms with E-state index in [9.17, 15) is 0 Å². The Morgan fingerprint density at radius 1 is 1.30 bits per heavy atom. The van der Waals surface area contributed by atoms with Crippen molar-refractivity contribution >= 4 is 0 Å². The summed E-state index contributed by atoms with van der Waals surface area (Å²) in [6.45, 7) is 11.6. The molecule has 0 saturated heterocycles. The first-order valence-corrected chi connectivity index (χ1v) is 3.59. The van der Waals surface area contributed by atoms with Crippen molar-refractivity contribution in [3.63, 3.8) is 0 Å². The van der Waals surface area contributed by atoms with Gasteiger partial charge in [0.2, 0.25) is 0 Å². The lowest BCUT2D eigenvalue weighted by Crippen LogP contribution is -1.71. The largest absolute Gasteiger partial charge is 0.100 e. The fourth-order valence-corrected chi connectivity index (χ4v) is 0.614. The van der Waals surface area contributed by atoms with Gasteiger partial charge in [0.15, 0.2) is 0 Å². The van der Waals surface area contributed by atoms with Crippen LogP contribution in [0, 0.1) is 0 Å². The van der Waals surface area contributed by atoms with Gasteiger partial charge in [-0.15, -0.1) is 6.58 Å². The van der Waals surface area contributed by atoms with Crippen molar-refractivity contribution in [2.75, 3.05) is 0 Å². The van der Waals surface area contributed by atoms with Crippen molar-refractivity contribution in [3.8, 4) is 0 Å². The van der Waals surface area contributed by atoms with Crippen molar-refractivity contribution in [3.05, 3.63) is 36.5 Å². The van der Waals surface area contributed by atoms with Crippen molar-refractivity contribution in [1.82, 2.24) is 0 Å². The Morgan fingerprint density at radius 2 is 1.90 bits per heavy atom. The number of hydrogen-bond donors (Lipinski definition) is 0. The Balaban J connectivity index is 3.36. The molecule has 0 aliphatic heterocycles. The molecule has 0 aromatic rings. The summed E-state index contributed by atoms with van der Waals surface area (Å²) in [5, 5.41) is 0. The first-order chi connectivity index (χ1) is 4.63. The van der Waals surface area contributed by atoms with Crippen molar-refractivity contribution < 1.29 is 0 Å². The van der Waals surface area contributed by atoms with E-state index in [0.717, 1.165) is 18.4 Å². The minimum atomic E-state index is 1.09. The van der Waals surface area contributed by atoms with Crippen LogP contribution in [0.2, 0.25) is 0 Å². The van der Waals surface area contributed by atoms with E-state index in [1.807, 2.05) is 13.0 Å². The zero-order chi connectivity index (χ0) is 7.98. The lowest BCUT2D eigenvalue weighted by molar-refractivity contribution is 0.983. The average molecular weight is 136 g/mol. The van der Waals surface area contributed by atoms with E-state index >= 15 is 0 Å². The van der Waals surface area contributed by atoms with Gasteiger partial charge in [-0.2, -0.15) is 0 Å². The molecule has 0 aliphatic rings. The molecule has 0 rings (SSSR count). The normalized spacial score (nSPS) is 10.2. The summed E-state index contributed by atoms with van der Waals surface area (Å²) in [6, 6.07) is 0. The summed E-state index contributed by atoms with van der Waals surface area (Å²) in [5.41, 5.74) is 2.35. The molecule has 0 unspecified atom stereocenters. The van der Waals surface area contributed by atoms with Crippen LogP contribution in [-0.2, 0) is 0 Å². The Hall–Kier alpha value is -0.780. The van der Waals surface area contributed by atoms with Crippen LogP contribution in [0.5, 0.6) is 0 Å². The summed E-state index contributed by atoms with van der Waals surface area (Å²) in [6.07, 6.45) is 6.35. The van der Waals surface area contributed by atoms with Crippen LogP contribution in [0.3, 0.4) is 0 Å². The van der Waals surface area contributed by atoms with Crippen molar-refractivity contribution in [2.24, 2.45) is 0 Å². The third-order valence-electron chi connectivity index (χ3n) is 1.14. The quantitative estimate of drug-likeness (QED) is 0.410. The van der Waals surface area contributed by atoms with Crippen LogP contribution in [0.25, 0.3) is 0 Å². The third kappa shape index (κ3) is 7.22. The average Bonchev–Trinajstić information content (AvgIpc) is 1.79. The molecule has 0 atom stereocenters. The SMILES string of the molecule is C=C(C)/C=C\CCC(=C)C. The predicted octanol–water partition coefficient (Wildman–Crippen LogP) is 3.48. The zero-order valence-corrected chi connectivity index (χ0v) is 6.98. The van der Waals surface area contributed by atoms with Crippen LogP contribution in [0.1, 0.15) is 26.7 Å². The van der Waals surface area contributed by atoms with E-state index < -0.39 is 0 Å². The lowest BCUT2D eigenvalue weighted by atomic mass is 10.2. The number of rotatable bonds is 4. The zero-order valence-electron chi connectivity index (χ0n) is 6.98. The van der Waals surface area contributed by atoms with E-state index in [2.05, 4.69) is 26.2 Å². The molecular weight excluding hydrogens is 120 g/mol. The topological polar surface area (TPSA) is 0 Å². The Labute approximate surface area is 64.0 Å². The summed E-state index contributed by atoms with van der Waals surface area (Å²) in [7, 11) is 0. The Bertz CT molecular complexity index is 149. The van der Waals surface area contributed by atoms with E-state index in [-0.39, 0.29) is 0 Å². The van der Waals surface area contributed by atoms with Crippen molar-refractivity contribution in [1.29, 1.82) is 0 Å². The molecule has 0 aromatic heterocycles. The van der Waals surface area contributed by atoms with E-state index in [1.54, 1.807) is 0 Å². The Kier molecular flexibility index (Phi) is 4.65. The maximum absolute atomic E-state index is 3.82. The lowest BCUT2D eigenvalue weighted by Gasteiger charge is -1.91. The van der Waals surface area contributed by atoms with Gasteiger partial charge in [0, 0.05) is 0 Å². The maximum atomic E-state index is 3.82. The molecule has 0 nitrogen and oxygen atoms in total. The van der Waals surface area contributed by atoms with E-state index in [4.69, 9.17) is 0 Å². The van der Waals surface area contributed by atoms with Crippen molar-refractivity contribution in [2.45, 2.75) is 26.7 Å². The second-order valence-electron chi connectivity index (χ2n) is 2.74. The minimum absolute atomic E-state index is 1.09. The first-order valence-electron chi connectivity index (χ1n) is 3.59. The third-order valence-corrected chi connectivity index (χ3v) is 1.14. The standard InChI is InChI=1S/C10H16/c1-9(2)7-5-6-8-10(3)4/h5,7H,1,3,6,8H2,2,4H3/b7-5-. The summed E-state index contributed by atoms with van der Waals surface area (Å²) < 4.78 is 0. The molecule has 0 spiro atoms. The van der Waals surface area contributed by atoms with E-state index in [1.165, 1.54) is 5.57 Å². The van der Waals surface area contributed by atoms with Crippen LogP contribution < -0.4 is 0 Å². The molecule has 0 bridgehead atoms. The molecule has 0 amide bonds. The Morgan fingerprint density at radius 3 is 2.30 bits per heavy atom. The monoisotopic (exact) mass is 136 g/mol. The van der Waals surface area contributed by atoms with Gasteiger partial charge >= 0.3 is 0 Å². The molecule has 0 heterocycles. The highest BCUT2D eigenvalue weighted by Gasteiger charge is 1.81. The van der Waals surface area contributed by atoms with Gasteiger partial charge < -0.3 is 0 Å².